The summed E-state index contributed by atoms with van der Waals surface area (Å²) in [6, 6.07) is 7.48. The molecule has 1 atom stereocenters. The summed E-state index contributed by atoms with van der Waals surface area (Å²) in [5.41, 5.74) is 2.54. The van der Waals surface area contributed by atoms with E-state index in [9.17, 15) is 14.7 Å². The van der Waals surface area contributed by atoms with Gasteiger partial charge in [-0.3, -0.25) is 14.3 Å². The predicted octanol–water partition coefficient (Wildman–Crippen LogP) is 2.68. The molecule has 1 amide bonds. The van der Waals surface area contributed by atoms with Crippen LogP contribution in [0, 0.1) is 0 Å². The SMILES string of the molecule is CC(C)n1cc(C(=O)N2CCc3ccccc3[C@H]2CC(=O)O)cn1. The fourth-order valence-electron chi connectivity index (χ4n) is 3.18. The van der Waals surface area contributed by atoms with E-state index in [-0.39, 0.29) is 18.4 Å². The largest absolute Gasteiger partial charge is 0.481 e. The molecule has 0 spiro atoms. The lowest BCUT2D eigenvalue weighted by Gasteiger charge is -2.36. The van der Waals surface area contributed by atoms with Crippen LogP contribution in [0.25, 0.3) is 0 Å². The van der Waals surface area contributed by atoms with Crippen molar-refractivity contribution >= 4 is 11.9 Å². The monoisotopic (exact) mass is 327 g/mol. The average molecular weight is 327 g/mol. The van der Waals surface area contributed by atoms with E-state index < -0.39 is 12.0 Å². The molecule has 2 aromatic rings. The zero-order valence-electron chi connectivity index (χ0n) is 13.8. The number of nitrogens with zero attached hydrogens (tertiary/aromatic N) is 3. The van der Waals surface area contributed by atoms with Gasteiger partial charge in [0, 0.05) is 18.8 Å². The molecule has 1 aromatic carbocycles. The van der Waals surface area contributed by atoms with Crippen LogP contribution in [-0.4, -0.2) is 38.2 Å². The second-order valence-electron chi connectivity index (χ2n) is 6.36. The summed E-state index contributed by atoms with van der Waals surface area (Å²) in [7, 11) is 0. The van der Waals surface area contributed by atoms with Crippen molar-refractivity contribution in [3.05, 3.63) is 53.3 Å². The Bertz CT molecular complexity index is 766. The van der Waals surface area contributed by atoms with Crippen LogP contribution in [0.3, 0.4) is 0 Å². The molecule has 1 N–H and O–H groups in total. The zero-order chi connectivity index (χ0) is 17.3. The number of benzene rings is 1. The third-order valence-corrected chi connectivity index (χ3v) is 4.42. The first-order valence-corrected chi connectivity index (χ1v) is 8.12. The van der Waals surface area contributed by atoms with Gasteiger partial charge in [0.05, 0.1) is 24.2 Å². The molecular weight excluding hydrogens is 306 g/mol. The van der Waals surface area contributed by atoms with Crippen molar-refractivity contribution in [1.29, 1.82) is 0 Å². The maximum absolute atomic E-state index is 12.9. The molecule has 0 aliphatic carbocycles. The fraction of sp³-hybridized carbons (Fsp3) is 0.389. The number of amides is 1. The minimum absolute atomic E-state index is 0.0962. The molecule has 1 aliphatic rings. The van der Waals surface area contributed by atoms with Crippen molar-refractivity contribution in [2.75, 3.05) is 6.54 Å². The van der Waals surface area contributed by atoms with Crippen molar-refractivity contribution in [1.82, 2.24) is 14.7 Å². The molecule has 2 heterocycles. The second kappa shape index (κ2) is 6.47. The van der Waals surface area contributed by atoms with Crippen LogP contribution >= 0.6 is 0 Å². The number of hydrogen-bond donors (Lipinski definition) is 1. The smallest absolute Gasteiger partial charge is 0.305 e. The highest BCUT2D eigenvalue weighted by atomic mass is 16.4. The molecule has 1 aliphatic heterocycles. The lowest BCUT2D eigenvalue weighted by Crippen LogP contribution is -2.40. The van der Waals surface area contributed by atoms with Crippen LogP contribution in [-0.2, 0) is 11.2 Å². The normalized spacial score (nSPS) is 17.0. The maximum atomic E-state index is 12.9. The lowest BCUT2D eigenvalue weighted by molar-refractivity contribution is -0.138. The molecule has 0 radical (unpaired) electrons. The summed E-state index contributed by atoms with van der Waals surface area (Å²) in [5.74, 6) is -1.07. The Morgan fingerprint density at radius 3 is 2.75 bits per heavy atom. The minimum Gasteiger partial charge on any atom is -0.481 e. The van der Waals surface area contributed by atoms with Crippen molar-refractivity contribution in [3.63, 3.8) is 0 Å². The number of carboxylic acid groups (broad SMARTS) is 1. The Balaban J connectivity index is 1.93. The third kappa shape index (κ3) is 3.04. The van der Waals surface area contributed by atoms with Crippen molar-refractivity contribution in [2.45, 2.75) is 38.8 Å². The Labute approximate surface area is 140 Å². The first kappa shape index (κ1) is 16.2. The van der Waals surface area contributed by atoms with E-state index in [0.29, 0.717) is 12.1 Å². The number of carboxylic acids is 1. The highest BCUT2D eigenvalue weighted by molar-refractivity contribution is 5.94. The lowest BCUT2D eigenvalue weighted by atomic mass is 9.90. The van der Waals surface area contributed by atoms with Crippen LogP contribution in [0.4, 0.5) is 0 Å². The van der Waals surface area contributed by atoms with Gasteiger partial charge >= 0.3 is 5.97 Å². The van der Waals surface area contributed by atoms with Crippen molar-refractivity contribution < 1.29 is 14.7 Å². The van der Waals surface area contributed by atoms with E-state index in [4.69, 9.17) is 0 Å². The quantitative estimate of drug-likeness (QED) is 0.937. The van der Waals surface area contributed by atoms with Crippen LogP contribution in [0.1, 0.15) is 53.8 Å². The number of carbonyl (C=O) groups excluding carboxylic acids is 1. The summed E-state index contributed by atoms with van der Waals surface area (Å²) in [6.07, 6.45) is 3.92. The van der Waals surface area contributed by atoms with Gasteiger partial charge in [0.2, 0.25) is 0 Å². The first-order valence-electron chi connectivity index (χ1n) is 8.12. The summed E-state index contributed by atoms with van der Waals surface area (Å²) in [6.45, 7) is 4.50. The topological polar surface area (TPSA) is 75.4 Å². The molecule has 3 rings (SSSR count). The van der Waals surface area contributed by atoms with Gasteiger partial charge in [-0.05, 0) is 31.4 Å². The number of aliphatic carboxylic acids is 1. The Morgan fingerprint density at radius 2 is 2.08 bits per heavy atom. The Hall–Kier alpha value is -2.63. The van der Waals surface area contributed by atoms with Crippen LogP contribution in [0.2, 0.25) is 0 Å². The van der Waals surface area contributed by atoms with E-state index in [1.807, 2.05) is 38.1 Å². The first-order chi connectivity index (χ1) is 11.5. The molecule has 0 unspecified atom stereocenters. The molecule has 24 heavy (non-hydrogen) atoms. The van der Waals surface area contributed by atoms with Gasteiger partial charge in [0.1, 0.15) is 0 Å². The molecule has 1 aromatic heterocycles. The fourth-order valence-corrected chi connectivity index (χ4v) is 3.18. The van der Waals surface area contributed by atoms with E-state index in [1.54, 1.807) is 22.0 Å². The van der Waals surface area contributed by atoms with Gasteiger partial charge in [0.15, 0.2) is 0 Å². The molecule has 6 nitrogen and oxygen atoms in total. The molecule has 0 saturated carbocycles. The molecule has 126 valence electrons. The minimum atomic E-state index is -0.910. The van der Waals surface area contributed by atoms with Gasteiger partial charge in [-0.25, -0.2) is 0 Å². The van der Waals surface area contributed by atoms with Gasteiger partial charge in [-0.15, -0.1) is 0 Å². The summed E-state index contributed by atoms with van der Waals surface area (Å²) < 4.78 is 1.73. The standard InChI is InChI=1S/C18H21N3O3/c1-12(2)21-11-14(10-19-21)18(24)20-8-7-13-5-3-4-6-15(13)16(20)9-17(22)23/h3-6,10-12,16H,7-9H2,1-2H3,(H,22,23)/t16-/m1/s1. The highest BCUT2D eigenvalue weighted by Gasteiger charge is 2.33. The maximum Gasteiger partial charge on any atom is 0.305 e. The summed E-state index contributed by atoms with van der Waals surface area (Å²) in [5, 5.41) is 13.5. The van der Waals surface area contributed by atoms with E-state index in [0.717, 1.165) is 17.5 Å². The van der Waals surface area contributed by atoms with Gasteiger partial charge in [0.25, 0.3) is 5.91 Å². The van der Waals surface area contributed by atoms with Gasteiger partial charge < -0.3 is 10.0 Å². The van der Waals surface area contributed by atoms with Gasteiger partial charge in [-0.1, -0.05) is 24.3 Å². The number of hydrogen-bond acceptors (Lipinski definition) is 3. The number of carbonyl (C=O) groups is 2. The third-order valence-electron chi connectivity index (χ3n) is 4.42. The number of rotatable bonds is 4. The van der Waals surface area contributed by atoms with Crippen LogP contribution in [0.15, 0.2) is 36.7 Å². The van der Waals surface area contributed by atoms with Crippen molar-refractivity contribution in [3.8, 4) is 0 Å². The van der Waals surface area contributed by atoms with E-state index >= 15 is 0 Å². The van der Waals surface area contributed by atoms with E-state index in [1.165, 1.54) is 0 Å². The average Bonchev–Trinajstić information content (AvgIpc) is 3.04. The molecular formula is C18H21N3O3. The highest BCUT2D eigenvalue weighted by Crippen LogP contribution is 2.33. The second-order valence-corrected chi connectivity index (χ2v) is 6.36. The zero-order valence-corrected chi connectivity index (χ0v) is 13.8. The molecule has 0 saturated heterocycles. The van der Waals surface area contributed by atoms with Crippen LogP contribution in [0.5, 0.6) is 0 Å². The summed E-state index contributed by atoms with van der Waals surface area (Å²) in [4.78, 5) is 25.9. The van der Waals surface area contributed by atoms with E-state index in [2.05, 4.69) is 5.10 Å². The van der Waals surface area contributed by atoms with Crippen LogP contribution < -0.4 is 0 Å². The molecule has 6 heteroatoms. The van der Waals surface area contributed by atoms with Crippen molar-refractivity contribution in [2.24, 2.45) is 0 Å². The van der Waals surface area contributed by atoms with Gasteiger partial charge in [-0.2, -0.15) is 5.10 Å². The Morgan fingerprint density at radius 1 is 1.33 bits per heavy atom. The molecule has 0 bridgehead atoms. The Kier molecular flexibility index (Phi) is 4.38. The number of fused-ring (bicyclic) bond motifs is 1. The molecule has 0 fully saturated rings. The summed E-state index contributed by atoms with van der Waals surface area (Å²) >= 11 is 0. The predicted molar refractivity (Wildman–Crippen MR) is 88.8 cm³/mol. The number of aromatic nitrogens is 2.